The molecule has 0 bridgehead atoms. The van der Waals surface area contributed by atoms with Crippen LogP contribution in [0.3, 0.4) is 0 Å². The molecule has 4 rings (SSSR count). The summed E-state index contributed by atoms with van der Waals surface area (Å²) in [5.74, 6) is -0.102. The van der Waals surface area contributed by atoms with Gasteiger partial charge in [-0.15, -0.1) is 5.10 Å². The number of hydrogen-bond acceptors (Lipinski definition) is 7. The minimum atomic E-state index is -0.451. The van der Waals surface area contributed by atoms with E-state index in [-0.39, 0.29) is 10.8 Å². The summed E-state index contributed by atoms with van der Waals surface area (Å²) in [6.45, 7) is 0.470. The van der Waals surface area contributed by atoms with E-state index in [1.165, 1.54) is 4.40 Å². The number of nitro groups is 1. The lowest BCUT2D eigenvalue weighted by atomic mass is 10.2. The summed E-state index contributed by atoms with van der Waals surface area (Å²) in [4.78, 5) is 15.4. The van der Waals surface area contributed by atoms with Gasteiger partial charge in [0.05, 0.1) is 12.7 Å². The molecule has 0 unspecified atom stereocenters. The van der Waals surface area contributed by atoms with E-state index in [2.05, 4.69) is 20.5 Å². The summed E-state index contributed by atoms with van der Waals surface area (Å²) >= 11 is 1.07. The Balaban J connectivity index is 1.70. The number of nitrogens with zero attached hydrogens (tertiary/aromatic N) is 7. The molecule has 0 aliphatic heterocycles. The smallest absolute Gasteiger partial charge is 0.358 e. The van der Waals surface area contributed by atoms with Gasteiger partial charge in [0.25, 0.3) is 0 Å². The first kappa shape index (κ1) is 15.3. The van der Waals surface area contributed by atoms with Gasteiger partial charge < -0.3 is 10.1 Å². The standard InChI is InChI=1S/C15H11N7O2S/c23-22(24)14-13(16-12-8-4-5-9-20(12)14)25-15-17-18-19-21(15)10-11-6-2-1-3-7-11/h1-9H,10H2. The third-order valence-electron chi connectivity index (χ3n) is 3.51. The minimum absolute atomic E-state index is 0.102. The topological polar surface area (TPSA) is 104 Å². The lowest BCUT2D eigenvalue weighted by molar-refractivity contribution is -0.393. The fourth-order valence-electron chi connectivity index (χ4n) is 2.41. The monoisotopic (exact) mass is 353 g/mol. The normalized spacial score (nSPS) is 11.0. The van der Waals surface area contributed by atoms with Crippen LogP contribution in [0.4, 0.5) is 5.82 Å². The number of hydrogen-bond donors (Lipinski definition) is 0. The number of benzene rings is 1. The molecule has 3 heterocycles. The molecule has 0 saturated carbocycles. The molecule has 3 aromatic heterocycles. The first-order chi connectivity index (χ1) is 12.2. The fourth-order valence-corrected chi connectivity index (χ4v) is 3.27. The third kappa shape index (κ3) is 2.94. The zero-order valence-corrected chi connectivity index (χ0v) is 13.6. The summed E-state index contributed by atoms with van der Waals surface area (Å²) in [6, 6.07) is 14.9. The van der Waals surface area contributed by atoms with Crippen molar-refractivity contribution in [3.05, 3.63) is 70.4 Å². The van der Waals surface area contributed by atoms with E-state index < -0.39 is 4.92 Å². The maximum atomic E-state index is 11.5. The van der Waals surface area contributed by atoms with Crippen molar-refractivity contribution in [2.24, 2.45) is 0 Å². The van der Waals surface area contributed by atoms with Gasteiger partial charge >= 0.3 is 5.82 Å². The van der Waals surface area contributed by atoms with Crippen LogP contribution in [0.1, 0.15) is 5.56 Å². The van der Waals surface area contributed by atoms with Gasteiger partial charge in [-0.3, -0.25) is 0 Å². The maximum absolute atomic E-state index is 11.5. The molecule has 10 heteroatoms. The average Bonchev–Trinajstić information content (AvgIpc) is 3.20. The van der Waals surface area contributed by atoms with E-state index in [4.69, 9.17) is 0 Å². The van der Waals surface area contributed by atoms with Crippen molar-refractivity contribution in [3.8, 4) is 0 Å². The van der Waals surface area contributed by atoms with E-state index in [0.29, 0.717) is 17.3 Å². The van der Waals surface area contributed by atoms with Crippen LogP contribution in [0, 0.1) is 10.1 Å². The second-order valence-corrected chi connectivity index (χ2v) is 6.09. The molecule has 9 nitrogen and oxygen atoms in total. The SMILES string of the molecule is O=[N+]([O-])c1c(Sc2nnnn2Cc2ccccc2)nc2ccccn12. The zero-order chi connectivity index (χ0) is 17.2. The largest absolute Gasteiger partial charge is 0.362 e. The second kappa shape index (κ2) is 6.32. The molecular formula is C15H11N7O2S. The molecule has 0 atom stereocenters. The molecular weight excluding hydrogens is 342 g/mol. The molecule has 0 fully saturated rings. The molecule has 1 aromatic carbocycles. The molecule has 0 aliphatic carbocycles. The Bertz CT molecular complexity index is 1040. The number of fused-ring (bicyclic) bond motifs is 1. The summed E-state index contributed by atoms with van der Waals surface area (Å²) in [5, 5.41) is 23.8. The lowest BCUT2D eigenvalue weighted by Crippen LogP contribution is -2.04. The van der Waals surface area contributed by atoms with Crippen molar-refractivity contribution in [1.29, 1.82) is 0 Å². The number of tetrazole rings is 1. The Labute approximate surface area is 145 Å². The highest BCUT2D eigenvalue weighted by Gasteiger charge is 2.25. The Morgan fingerprint density at radius 1 is 1.12 bits per heavy atom. The maximum Gasteiger partial charge on any atom is 0.362 e. The molecule has 0 spiro atoms. The van der Waals surface area contributed by atoms with Crippen molar-refractivity contribution >= 4 is 23.2 Å². The zero-order valence-electron chi connectivity index (χ0n) is 12.8. The van der Waals surface area contributed by atoms with Gasteiger partial charge in [0, 0.05) is 6.07 Å². The molecule has 0 N–H and O–H groups in total. The Morgan fingerprint density at radius 2 is 1.92 bits per heavy atom. The van der Waals surface area contributed by atoms with Gasteiger partial charge in [-0.2, -0.15) is 9.38 Å². The summed E-state index contributed by atoms with van der Waals surface area (Å²) in [6.07, 6.45) is 1.61. The van der Waals surface area contributed by atoms with Gasteiger partial charge in [-0.25, -0.2) is 4.68 Å². The van der Waals surface area contributed by atoms with Crippen LogP contribution in [-0.4, -0.2) is 34.5 Å². The highest BCUT2D eigenvalue weighted by molar-refractivity contribution is 7.99. The van der Waals surface area contributed by atoms with Gasteiger partial charge in [-0.05, 0) is 38.7 Å². The number of aromatic nitrogens is 6. The second-order valence-electron chi connectivity index (χ2n) is 5.13. The number of rotatable bonds is 5. The number of imidazole rings is 1. The Kier molecular flexibility index (Phi) is 3.86. The summed E-state index contributed by atoms with van der Waals surface area (Å²) in [7, 11) is 0. The van der Waals surface area contributed by atoms with Crippen molar-refractivity contribution in [2.45, 2.75) is 16.7 Å². The van der Waals surface area contributed by atoms with E-state index in [1.54, 1.807) is 29.1 Å². The average molecular weight is 353 g/mol. The third-order valence-corrected chi connectivity index (χ3v) is 4.45. The molecule has 0 radical (unpaired) electrons. The van der Waals surface area contributed by atoms with Crippen molar-refractivity contribution in [2.75, 3.05) is 0 Å². The van der Waals surface area contributed by atoms with Crippen LogP contribution in [0.25, 0.3) is 5.65 Å². The lowest BCUT2D eigenvalue weighted by Gasteiger charge is -2.03. The van der Waals surface area contributed by atoms with Crippen LogP contribution in [-0.2, 0) is 6.54 Å². The van der Waals surface area contributed by atoms with Gasteiger partial charge in [0.15, 0.2) is 0 Å². The fraction of sp³-hybridized carbons (Fsp3) is 0.0667. The quantitative estimate of drug-likeness (QED) is 0.401. The molecule has 4 aromatic rings. The van der Waals surface area contributed by atoms with Crippen molar-refractivity contribution in [3.63, 3.8) is 0 Å². The first-order valence-electron chi connectivity index (χ1n) is 7.32. The molecule has 0 saturated heterocycles. The highest BCUT2D eigenvalue weighted by Crippen LogP contribution is 2.33. The van der Waals surface area contributed by atoms with Gasteiger partial charge in [0.2, 0.25) is 15.8 Å². The van der Waals surface area contributed by atoms with Crippen LogP contribution in [0.2, 0.25) is 0 Å². The predicted octanol–water partition coefficient (Wildman–Crippen LogP) is 2.43. The molecule has 25 heavy (non-hydrogen) atoms. The van der Waals surface area contributed by atoms with Crippen LogP contribution < -0.4 is 0 Å². The molecule has 0 aliphatic rings. The minimum Gasteiger partial charge on any atom is -0.358 e. The van der Waals surface area contributed by atoms with E-state index in [9.17, 15) is 10.1 Å². The van der Waals surface area contributed by atoms with E-state index in [0.717, 1.165) is 17.3 Å². The Hall–Kier alpha value is -3.27. The van der Waals surface area contributed by atoms with E-state index in [1.807, 2.05) is 30.3 Å². The van der Waals surface area contributed by atoms with Crippen molar-refractivity contribution in [1.82, 2.24) is 29.6 Å². The van der Waals surface area contributed by atoms with E-state index >= 15 is 0 Å². The van der Waals surface area contributed by atoms with Crippen LogP contribution >= 0.6 is 11.8 Å². The van der Waals surface area contributed by atoms with Crippen molar-refractivity contribution < 1.29 is 4.92 Å². The van der Waals surface area contributed by atoms with Crippen LogP contribution in [0.5, 0.6) is 0 Å². The summed E-state index contributed by atoms with van der Waals surface area (Å²) < 4.78 is 3.03. The Morgan fingerprint density at radius 3 is 2.72 bits per heavy atom. The van der Waals surface area contributed by atoms with Gasteiger partial charge in [0.1, 0.15) is 0 Å². The van der Waals surface area contributed by atoms with Gasteiger partial charge in [-0.1, -0.05) is 36.4 Å². The van der Waals surface area contributed by atoms with Crippen LogP contribution in [0.15, 0.2) is 64.9 Å². The predicted molar refractivity (Wildman–Crippen MR) is 89.3 cm³/mol. The first-order valence-corrected chi connectivity index (χ1v) is 8.13. The number of pyridine rings is 1. The molecule has 124 valence electrons. The molecule has 0 amide bonds. The summed E-state index contributed by atoms with van der Waals surface area (Å²) in [5.41, 5.74) is 1.53. The highest BCUT2D eigenvalue weighted by atomic mass is 32.2.